The van der Waals surface area contributed by atoms with Gasteiger partial charge < -0.3 is 5.32 Å². The van der Waals surface area contributed by atoms with E-state index in [0.29, 0.717) is 0 Å². The number of aromatic amines is 1. The van der Waals surface area contributed by atoms with Crippen LogP contribution in [0.2, 0.25) is 0 Å². The molecule has 2 aromatic rings. The van der Waals surface area contributed by atoms with Crippen molar-refractivity contribution >= 4 is 5.65 Å². The third kappa shape index (κ3) is 2.42. The summed E-state index contributed by atoms with van der Waals surface area (Å²) >= 11 is 0. The van der Waals surface area contributed by atoms with Gasteiger partial charge in [-0.15, -0.1) is 0 Å². The Morgan fingerprint density at radius 1 is 1.53 bits per heavy atom. The molecule has 0 saturated carbocycles. The zero-order valence-corrected chi connectivity index (χ0v) is 11.3. The second-order valence-corrected chi connectivity index (χ2v) is 5.29. The van der Waals surface area contributed by atoms with Crippen molar-refractivity contribution in [2.75, 3.05) is 13.1 Å². The van der Waals surface area contributed by atoms with E-state index in [1.165, 1.54) is 10.9 Å². The third-order valence-electron chi connectivity index (χ3n) is 3.98. The van der Waals surface area contributed by atoms with Crippen molar-refractivity contribution in [2.24, 2.45) is 5.92 Å². The van der Waals surface area contributed by atoms with Crippen LogP contribution < -0.4 is 10.9 Å². The minimum absolute atomic E-state index is 0.00996. The summed E-state index contributed by atoms with van der Waals surface area (Å²) in [6, 6.07) is 1.66. The fourth-order valence-corrected chi connectivity index (χ4v) is 2.78. The molecule has 0 radical (unpaired) electrons. The van der Waals surface area contributed by atoms with Crippen molar-refractivity contribution in [1.29, 1.82) is 0 Å². The number of rotatable bonds is 4. The van der Waals surface area contributed by atoms with Gasteiger partial charge in [-0.1, -0.05) is 6.92 Å². The highest BCUT2D eigenvalue weighted by molar-refractivity contribution is 5.46. The maximum absolute atomic E-state index is 12.0. The van der Waals surface area contributed by atoms with Crippen LogP contribution in [0.5, 0.6) is 0 Å². The number of H-pyrrole nitrogens is 1. The van der Waals surface area contributed by atoms with E-state index in [9.17, 15) is 4.79 Å². The first-order valence-corrected chi connectivity index (χ1v) is 7.07. The van der Waals surface area contributed by atoms with Crippen molar-refractivity contribution in [3.8, 4) is 0 Å². The van der Waals surface area contributed by atoms with Crippen LogP contribution in [-0.4, -0.2) is 27.7 Å². The summed E-state index contributed by atoms with van der Waals surface area (Å²) < 4.78 is 1.53. The highest BCUT2D eigenvalue weighted by Gasteiger charge is 2.15. The van der Waals surface area contributed by atoms with Crippen LogP contribution in [0.25, 0.3) is 5.65 Å². The van der Waals surface area contributed by atoms with Crippen molar-refractivity contribution in [1.82, 2.24) is 19.9 Å². The van der Waals surface area contributed by atoms with Crippen LogP contribution in [0, 0.1) is 5.92 Å². The first kappa shape index (κ1) is 12.4. The summed E-state index contributed by atoms with van der Waals surface area (Å²) in [6.45, 7) is 4.30. The molecule has 5 heteroatoms. The molecule has 1 fully saturated rings. The SMILES string of the molecule is CCc1c[nH]n2c(=O)cc(CCC3CCNC3)nc12. The lowest BCUT2D eigenvalue weighted by atomic mass is 10.0. The lowest BCUT2D eigenvalue weighted by Gasteiger charge is -2.07. The summed E-state index contributed by atoms with van der Waals surface area (Å²) in [5.74, 6) is 0.733. The van der Waals surface area contributed by atoms with Crippen LogP contribution in [0.1, 0.15) is 31.0 Å². The molecule has 1 aliphatic heterocycles. The topological polar surface area (TPSA) is 62.2 Å². The van der Waals surface area contributed by atoms with Gasteiger partial charge in [0.15, 0.2) is 5.65 Å². The van der Waals surface area contributed by atoms with Gasteiger partial charge in [-0.05, 0) is 44.7 Å². The fourth-order valence-electron chi connectivity index (χ4n) is 2.78. The highest BCUT2D eigenvalue weighted by Crippen LogP contribution is 2.15. The smallest absolute Gasteiger partial charge is 0.272 e. The van der Waals surface area contributed by atoms with Crippen molar-refractivity contribution in [2.45, 2.75) is 32.6 Å². The highest BCUT2D eigenvalue weighted by atomic mass is 16.1. The number of nitrogens with zero attached hydrogens (tertiary/aromatic N) is 2. The van der Waals surface area contributed by atoms with Gasteiger partial charge in [0.2, 0.25) is 0 Å². The average Bonchev–Trinajstić information content (AvgIpc) is 3.05. The van der Waals surface area contributed by atoms with E-state index in [0.717, 1.165) is 55.2 Å². The van der Waals surface area contributed by atoms with Gasteiger partial charge >= 0.3 is 0 Å². The minimum Gasteiger partial charge on any atom is -0.316 e. The molecule has 2 aromatic heterocycles. The number of fused-ring (bicyclic) bond motifs is 1. The summed E-state index contributed by atoms with van der Waals surface area (Å²) in [7, 11) is 0. The Balaban J connectivity index is 1.84. The number of aromatic nitrogens is 3. The maximum atomic E-state index is 12.0. The molecule has 3 heterocycles. The molecule has 5 nitrogen and oxygen atoms in total. The monoisotopic (exact) mass is 260 g/mol. The zero-order chi connectivity index (χ0) is 13.2. The predicted octanol–water partition coefficient (Wildman–Crippen LogP) is 1.13. The molecule has 1 aliphatic rings. The van der Waals surface area contributed by atoms with Gasteiger partial charge in [0.25, 0.3) is 5.56 Å². The van der Waals surface area contributed by atoms with Crippen molar-refractivity contribution in [3.63, 3.8) is 0 Å². The van der Waals surface area contributed by atoms with Crippen molar-refractivity contribution in [3.05, 3.63) is 33.9 Å². The van der Waals surface area contributed by atoms with E-state index in [-0.39, 0.29) is 5.56 Å². The Bertz CT molecular complexity index is 622. The number of aryl methyl sites for hydroxylation is 2. The van der Waals surface area contributed by atoms with E-state index in [1.807, 2.05) is 6.20 Å². The van der Waals surface area contributed by atoms with E-state index in [2.05, 4.69) is 22.3 Å². The molecule has 0 aliphatic carbocycles. The van der Waals surface area contributed by atoms with Gasteiger partial charge in [-0.2, -0.15) is 0 Å². The molecule has 1 atom stereocenters. The Morgan fingerprint density at radius 2 is 2.42 bits per heavy atom. The van der Waals surface area contributed by atoms with E-state index in [1.54, 1.807) is 6.07 Å². The third-order valence-corrected chi connectivity index (χ3v) is 3.98. The lowest BCUT2D eigenvalue weighted by Crippen LogP contribution is -2.16. The van der Waals surface area contributed by atoms with Gasteiger partial charge in [0.05, 0.1) is 0 Å². The minimum atomic E-state index is -0.00996. The molecule has 3 rings (SSSR count). The zero-order valence-electron chi connectivity index (χ0n) is 11.3. The molecule has 1 saturated heterocycles. The summed E-state index contributed by atoms with van der Waals surface area (Å²) in [4.78, 5) is 16.6. The number of hydrogen-bond donors (Lipinski definition) is 2. The first-order valence-electron chi connectivity index (χ1n) is 7.07. The number of nitrogens with one attached hydrogen (secondary N) is 2. The van der Waals surface area contributed by atoms with Crippen LogP contribution >= 0.6 is 0 Å². The number of hydrogen-bond acceptors (Lipinski definition) is 3. The van der Waals surface area contributed by atoms with E-state index in [4.69, 9.17) is 0 Å². The molecule has 0 aromatic carbocycles. The van der Waals surface area contributed by atoms with Gasteiger partial charge in [-0.3, -0.25) is 9.89 Å². The molecular formula is C14H20N4O. The Labute approximate surface area is 112 Å². The van der Waals surface area contributed by atoms with Gasteiger partial charge in [-0.25, -0.2) is 9.50 Å². The van der Waals surface area contributed by atoms with Gasteiger partial charge in [0, 0.05) is 23.5 Å². The largest absolute Gasteiger partial charge is 0.316 e. The Hall–Kier alpha value is -1.62. The second kappa shape index (κ2) is 5.17. The average molecular weight is 260 g/mol. The van der Waals surface area contributed by atoms with Crippen molar-refractivity contribution < 1.29 is 0 Å². The van der Waals surface area contributed by atoms with Crippen LogP contribution in [0.3, 0.4) is 0 Å². The molecule has 0 spiro atoms. The summed E-state index contributed by atoms with van der Waals surface area (Å²) in [5, 5.41) is 6.34. The molecule has 0 bridgehead atoms. The van der Waals surface area contributed by atoms with E-state index < -0.39 is 0 Å². The predicted molar refractivity (Wildman–Crippen MR) is 74.5 cm³/mol. The Kier molecular flexibility index (Phi) is 3.38. The molecule has 2 N–H and O–H groups in total. The Morgan fingerprint density at radius 3 is 3.16 bits per heavy atom. The normalized spacial score (nSPS) is 19.3. The summed E-state index contributed by atoms with van der Waals surface area (Å²) in [5.41, 5.74) is 2.80. The lowest BCUT2D eigenvalue weighted by molar-refractivity contribution is 0.529. The van der Waals surface area contributed by atoms with Crippen LogP contribution in [0.15, 0.2) is 17.1 Å². The first-order chi connectivity index (χ1) is 9.28. The van der Waals surface area contributed by atoms with Crippen LogP contribution in [-0.2, 0) is 12.8 Å². The fraction of sp³-hybridized carbons (Fsp3) is 0.571. The van der Waals surface area contributed by atoms with E-state index >= 15 is 0 Å². The summed E-state index contributed by atoms with van der Waals surface area (Å²) in [6.07, 6.45) is 6.00. The van der Waals surface area contributed by atoms with Crippen LogP contribution in [0.4, 0.5) is 0 Å². The molecule has 1 unspecified atom stereocenters. The maximum Gasteiger partial charge on any atom is 0.272 e. The standard InChI is InChI=1S/C14H20N4O/c1-2-11-9-16-18-13(19)7-12(17-14(11)18)4-3-10-5-6-15-8-10/h7,9-10,15-16H,2-6,8H2,1H3. The molecule has 19 heavy (non-hydrogen) atoms. The quantitative estimate of drug-likeness (QED) is 0.866. The van der Waals surface area contributed by atoms with Gasteiger partial charge in [0.1, 0.15) is 0 Å². The molecule has 102 valence electrons. The molecule has 0 amide bonds. The second-order valence-electron chi connectivity index (χ2n) is 5.29. The molecular weight excluding hydrogens is 240 g/mol.